The minimum atomic E-state index is -1.04. The second-order valence-corrected chi connectivity index (χ2v) is 5.33. The van der Waals surface area contributed by atoms with Gasteiger partial charge in [-0.25, -0.2) is 4.79 Å². The molecule has 0 bridgehead atoms. The fourth-order valence-corrected chi connectivity index (χ4v) is 2.47. The van der Waals surface area contributed by atoms with Crippen LogP contribution < -0.4 is 9.47 Å². The molecule has 0 unspecified atom stereocenters. The van der Waals surface area contributed by atoms with Crippen LogP contribution in [-0.2, 0) is 11.3 Å². The monoisotopic (exact) mass is 326 g/mol. The van der Waals surface area contributed by atoms with E-state index >= 15 is 0 Å². The molecule has 0 fully saturated rings. The Kier molecular flexibility index (Phi) is 4.65. The van der Waals surface area contributed by atoms with Crippen LogP contribution >= 0.6 is 0 Å². The van der Waals surface area contributed by atoms with Crippen molar-refractivity contribution in [2.24, 2.45) is 0 Å². The Morgan fingerprint density at radius 1 is 1.12 bits per heavy atom. The summed E-state index contributed by atoms with van der Waals surface area (Å²) in [6.45, 7) is 2.49. The molecule has 24 heavy (non-hydrogen) atoms. The van der Waals surface area contributed by atoms with Gasteiger partial charge in [-0.1, -0.05) is 30.3 Å². The third-order valence-electron chi connectivity index (χ3n) is 3.61. The summed E-state index contributed by atoms with van der Waals surface area (Å²) < 4.78 is 13.0. The lowest BCUT2D eigenvalue weighted by Crippen LogP contribution is -2.15. The maximum Gasteiger partial charge on any atom is 0.341 e. The molecule has 0 saturated heterocycles. The number of benzene rings is 2. The van der Waals surface area contributed by atoms with Crippen molar-refractivity contribution in [3.63, 3.8) is 0 Å². The smallest absolute Gasteiger partial charge is 0.341 e. The van der Waals surface area contributed by atoms with Gasteiger partial charge in [0.2, 0.25) is 0 Å². The molecule has 3 rings (SSSR count). The molecule has 0 saturated carbocycles. The molecule has 0 amide bonds. The zero-order valence-corrected chi connectivity index (χ0v) is 13.3. The molecule has 124 valence electrons. The zero-order valence-electron chi connectivity index (χ0n) is 13.3. The summed E-state index contributed by atoms with van der Waals surface area (Å²) >= 11 is 0. The van der Waals surface area contributed by atoms with Crippen molar-refractivity contribution >= 4 is 17.0 Å². The lowest BCUT2D eigenvalue weighted by Gasteiger charge is -2.11. The molecule has 6 heteroatoms. The van der Waals surface area contributed by atoms with Crippen LogP contribution in [-0.4, -0.2) is 33.8 Å². The number of aliphatic carboxylic acids is 1. The van der Waals surface area contributed by atoms with Crippen molar-refractivity contribution in [2.45, 2.75) is 13.5 Å². The third kappa shape index (κ3) is 3.48. The highest BCUT2D eigenvalue weighted by atomic mass is 16.5. The number of carboxylic acids is 1. The molecule has 0 aliphatic carbocycles. The number of aromatic nitrogens is 2. The first-order valence-corrected chi connectivity index (χ1v) is 7.63. The molecule has 1 heterocycles. The van der Waals surface area contributed by atoms with Crippen molar-refractivity contribution in [3.05, 3.63) is 54.1 Å². The standard InChI is InChI=1S/C18H18N2O4/c1-13-6-2-5-9-16(13)23-11-10-20-15-8-4-3-7-14(15)19-18(20)24-12-17(21)22/h2-9H,10-12H2,1H3,(H,21,22). The second kappa shape index (κ2) is 7.04. The van der Waals surface area contributed by atoms with Gasteiger partial charge >= 0.3 is 5.97 Å². The van der Waals surface area contributed by atoms with E-state index in [-0.39, 0.29) is 6.01 Å². The first kappa shape index (κ1) is 15.9. The van der Waals surface area contributed by atoms with Gasteiger partial charge in [0.25, 0.3) is 6.01 Å². The van der Waals surface area contributed by atoms with Crippen molar-refractivity contribution in [2.75, 3.05) is 13.2 Å². The van der Waals surface area contributed by atoms with Crippen LogP contribution in [0.1, 0.15) is 5.56 Å². The van der Waals surface area contributed by atoms with Crippen LogP contribution in [0.2, 0.25) is 0 Å². The Balaban J connectivity index is 1.78. The first-order chi connectivity index (χ1) is 11.6. The highest BCUT2D eigenvalue weighted by Crippen LogP contribution is 2.22. The quantitative estimate of drug-likeness (QED) is 0.723. The van der Waals surface area contributed by atoms with Gasteiger partial charge in [0.05, 0.1) is 17.6 Å². The van der Waals surface area contributed by atoms with E-state index in [1.54, 1.807) is 0 Å². The Labute approximate surface area is 139 Å². The number of imidazole rings is 1. The van der Waals surface area contributed by atoms with Gasteiger partial charge in [0.1, 0.15) is 12.4 Å². The van der Waals surface area contributed by atoms with E-state index in [0.717, 1.165) is 22.3 Å². The number of nitrogens with zero attached hydrogens (tertiary/aromatic N) is 2. The molecule has 3 aromatic rings. The Morgan fingerprint density at radius 3 is 2.67 bits per heavy atom. The highest BCUT2D eigenvalue weighted by Gasteiger charge is 2.13. The van der Waals surface area contributed by atoms with Crippen LogP contribution in [0.25, 0.3) is 11.0 Å². The number of rotatable bonds is 7. The van der Waals surface area contributed by atoms with Crippen LogP contribution in [0.4, 0.5) is 0 Å². The van der Waals surface area contributed by atoms with Crippen molar-refractivity contribution in [1.29, 1.82) is 0 Å². The molecule has 0 spiro atoms. The van der Waals surface area contributed by atoms with Gasteiger partial charge in [-0.05, 0) is 30.7 Å². The molecule has 0 aliphatic rings. The number of aryl methyl sites for hydroxylation is 1. The Hall–Kier alpha value is -3.02. The summed E-state index contributed by atoms with van der Waals surface area (Å²) in [4.78, 5) is 15.1. The largest absolute Gasteiger partial charge is 0.491 e. The molecule has 6 nitrogen and oxygen atoms in total. The summed E-state index contributed by atoms with van der Waals surface area (Å²) in [5.74, 6) is -0.209. The van der Waals surface area contributed by atoms with E-state index in [4.69, 9.17) is 14.6 Å². The van der Waals surface area contributed by atoms with E-state index in [1.165, 1.54) is 0 Å². The van der Waals surface area contributed by atoms with E-state index in [1.807, 2.05) is 60.0 Å². The average Bonchev–Trinajstić information content (AvgIpc) is 2.93. The van der Waals surface area contributed by atoms with E-state index in [2.05, 4.69) is 4.98 Å². The number of fused-ring (bicyclic) bond motifs is 1. The van der Waals surface area contributed by atoms with Crippen LogP contribution in [0, 0.1) is 6.92 Å². The Morgan fingerprint density at radius 2 is 1.88 bits per heavy atom. The average molecular weight is 326 g/mol. The number of carboxylic acid groups (broad SMARTS) is 1. The van der Waals surface area contributed by atoms with E-state index in [9.17, 15) is 4.79 Å². The maximum absolute atomic E-state index is 10.7. The van der Waals surface area contributed by atoms with Crippen LogP contribution in [0.3, 0.4) is 0 Å². The summed E-state index contributed by atoms with van der Waals surface area (Å²) in [5.41, 5.74) is 2.70. The van der Waals surface area contributed by atoms with Crippen molar-refractivity contribution in [3.8, 4) is 11.8 Å². The number of carbonyl (C=O) groups is 1. The Bertz CT molecular complexity index is 857. The summed E-state index contributed by atoms with van der Waals surface area (Å²) in [6.07, 6.45) is 0. The molecule has 0 atom stereocenters. The molecule has 1 N–H and O–H groups in total. The minimum Gasteiger partial charge on any atom is -0.491 e. The van der Waals surface area contributed by atoms with Gasteiger partial charge in [-0.2, -0.15) is 4.98 Å². The molecule has 0 radical (unpaired) electrons. The lowest BCUT2D eigenvalue weighted by atomic mass is 10.2. The number of hydrogen-bond acceptors (Lipinski definition) is 4. The fraction of sp³-hybridized carbons (Fsp3) is 0.222. The fourth-order valence-electron chi connectivity index (χ4n) is 2.47. The zero-order chi connectivity index (χ0) is 16.9. The molecule has 0 aliphatic heterocycles. The summed E-state index contributed by atoms with van der Waals surface area (Å²) in [6, 6.07) is 15.7. The predicted octanol–water partition coefficient (Wildman–Crippen LogP) is 2.89. The summed E-state index contributed by atoms with van der Waals surface area (Å²) in [7, 11) is 0. The molecular formula is C18H18N2O4. The SMILES string of the molecule is Cc1ccccc1OCCn1c(OCC(=O)O)nc2ccccc21. The van der Waals surface area contributed by atoms with E-state index < -0.39 is 12.6 Å². The van der Waals surface area contributed by atoms with Gasteiger partial charge in [0.15, 0.2) is 6.61 Å². The van der Waals surface area contributed by atoms with Crippen LogP contribution in [0.15, 0.2) is 48.5 Å². The van der Waals surface area contributed by atoms with Crippen molar-refractivity contribution in [1.82, 2.24) is 9.55 Å². The van der Waals surface area contributed by atoms with Gasteiger partial charge in [0, 0.05) is 0 Å². The molecule has 2 aromatic carbocycles. The topological polar surface area (TPSA) is 73.6 Å². The normalized spacial score (nSPS) is 10.7. The number of ether oxygens (including phenoxy) is 2. The van der Waals surface area contributed by atoms with E-state index in [0.29, 0.717) is 13.2 Å². The van der Waals surface area contributed by atoms with Crippen LogP contribution in [0.5, 0.6) is 11.8 Å². The predicted molar refractivity (Wildman–Crippen MR) is 89.5 cm³/mol. The van der Waals surface area contributed by atoms with Crippen molar-refractivity contribution < 1.29 is 19.4 Å². The van der Waals surface area contributed by atoms with Gasteiger partial charge in [-0.3, -0.25) is 4.57 Å². The highest BCUT2D eigenvalue weighted by molar-refractivity contribution is 5.76. The second-order valence-electron chi connectivity index (χ2n) is 5.33. The van der Waals surface area contributed by atoms with Gasteiger partial charge < -0.3 is 14.6 Å². The number of hydrogen-bond donors (Lipinski definition) is 1. The lowest BCUT2D eigenvalue weighted by molar-refractivity contribution is -0.139. The molecular weight excluding hydrogens is 308 g/mol. The first-order valence-electron chi connectivity index (χ1n) is 7.63. The summed E-state index contributed by atoms with van der Waals surface area (Å²) in [5, 5.41) is 8.81. The maximum atomic E-state index is 10.7. The molecule has 1 aromatic heterocycles. The minimum absolute atomic E-state index is 0.284. The third-order valence-corrected chi connectivity index (χ3v) is 3.61. The number of para-hydroxylation sites is 3. The van der Waals surface area contributed by atoms with Gasteiger partial charge in [-0.15, -0.1) is 0 Å².